The average Bonchev–Trinajstić information content (AvgIpc) is 2.37. The quantitative estimate of drug-likeness (QED) is 0.631. The van der Waals surface area contributed by atoms with Crippen molar-refractivity contribution in [3.05, 3.63) is 0 Å². The van der Waals surface area contributed by atoms with E-state index in [2.05, 4.69) is 19.2 Å². The molecular formula is C14H29NO2. The van der Waals surface area contributed by atoms with Crippen molar-refractivity contribution < 1.29 is 9.47 Å². The van der Waals surface area contributed by atoms with Crippen LogP contribution >= 0.6 is 0 Å². The molecule has 1 fully saturated rings. The van der Waals surface area contributed by atoms with Crippen LogP contribution in [0.25, 0.3) is 0 Å². The van der Waals surface area contributed by atoms with Crippen LogP contribution in [0.3, 0.4) is 0 Å². The second-order valence-corrected chi connectivity index (χ2v) is 4.93. The van der Waals surface area contributed by atoms with Gasteiger partial charge in [-0.05, 0) is 51.5 Å². The van der Waals surface area contributed by atoms with Gasteiger partial charge in [-0.15, -0.1) is 0 Å². The van der Waals surface area contributed by atoms with Gasteiger partial charge in [-0.25, -0.2) is 0 Å². The minimum atomic E-state index is 0.629. The maximum Gasteiger partial charge on any atom is 0.0480 e. The fraction of sp³-hybridized carbons (Fsp3) is 1.00. The third kappa shape index (κ3) is 7.02. The smallest absolute Gasteiger partial charge is 0.0480 e. The van der Waals surface area contributed by atoms with Gasteiger partial charge in [0.2, 0.25) is 0 Å². The Balaban J connectivity index is 2.22. The van der Waals surface area contributed by atoms with Crippen molar-refractivity contribution in [1.82, 2.24) is 5.32 Å². The van der Waals surface area contributed by atoms with Crippen LogP contribution in [-0.2, 0) is 9.47 Å². The number of hydrogen-bond donors (Lipinski definition) is 1. The van der Waals surface area contributed by atoms with Gasteiger partial charge in [-0.2, -0.15) is 0 Å². The molecule has 3 heteroatoms. The molecule has 0 radical (unpaired) electrons. The molecular weight excluding hydrogens is 214 g/mol. The van der Waals surface area contributed by atoms with E-state index in [1.54, 1.807) is 0 Å². The topological polar surface area (TPSA) is 30.5 Å². The van der Waals surface area contributed by atoms with Crippen molar-refractivity contribution in [2.24, 2.45) is 5.92 Å². The van der Waals surface area contributed by atoms with Crippen LogP contribution in [0.4, 0.5) is 0 Å². The lowest BCUT2D eigenvalue weighted by Crippen LogP contribution is -2.34. The summed E-state index contributed by atoms with van der Waals surface area (Å²) in [6.45, 7) is 9.04. The number of hydrogen-bond acceptors (Lipinski definition) is 3. The van der Waals surface area contributed by atoms with E-state index >= 15 is 0 Å². The average molecular weight is 243 g/mol. The molecule has 0 saturated carbocycles. The summed E-state index contributed by atoms with van der Waals surface area (Å²) >= 11 is 0. The highest BCUT2D eigenvalue weighted by Crippen LogP contribution is 2.21. The molecule has 0 aromatic rings. The molecule has 0 bridgehead atoms. The molecule has 0 aromatic heterocycles. The van der Waals surface area contributed by atoms with Crippen molar-refractivity contribution in [1.29, 1.82) is 0 Å². The van der Waals surface area contributed by atoms with Gasteiger partial charge in [0.25, 0.3) is 0 Å². The second kappa shape index (κ2) is 9.86. The SMILES string of the molecule is CCCNC(CCOCC)CC1CCOCC1. The van der Waals surface area contributed by atoms with E-state index in [1.807, 2.05) is 0 Å². The van der Waals surface area contributed by atoms with E-state index in [1.165, 1.54) is 25.7 Å². The van der Waals surface area contributed by atoms with Gasteiger partial charge in [0.15, 0.2) is 0 Å². The van der Waals surface area contributed by atoms with Crippen LogP contribution in [0.5, 0.6) is 0 Å². The van der Waals surface area contributed by atoms with Crippen LogP contribution in [0.2, 0.25) is 0 Å². The number of nitrogens with one attached hydrogen (secondary N) is 1. The first kappa shape index (κ1) is 14.9. The monoisotopic (exact) mass is 243 g/mol. The van der Waals surface area contributed by atoms with Gasteiger partial charge in [-0.1, -0.05) is 6.92 Å². The fourth-order valence-corrected chi connectivity index (χ4v) is 2.41. The largest absolute Gasteiger partial charge is 0.382 e. The molecule has 102 valence electrons. The Kier molecular flexibility index (Phi) is 8.67. The van der Waals surface area contributed by atoms with Gasteiger partial charge in [0, 0.05) is 32.5 Å². The highest BCUT2D eigenvalue weighted by molar-refractivity contribution is 4.74. The van der Waals surface area contributed by atoms with E-state index in [4.69, 9.17) is 9.47 Å². The van der Waals surface area contributed by atoms with Crippen molar-refractivity contribution in [2.45, 2.75) is 52.0 Å². The van der Waals surface area contributed by atoms with Crippen molar-refractivity contribution in [3.8, 4) is 0 Å². The number of rotatable bonds is 9. The van der Waals surface area contributed by atoms with Crippen LogP contribution in [-0.4, -0.2) is 39.0 Å². The van der Waals surface area contributed by atoms with Gasteiger partial charge >= 0.3 is 0 Å². The normalized spacial score (nSPS) is 19.4. The first-order valence-electron chi connectivity index (χ1n) is 7.25. The third-order valence-corrected chi connectivity index (χ3v) is 3.46. The molecule has 0 amide bonds. The van der Waals surface area contributed by atoms with Crippen LogP contribution < -0.4 is 5.32 Å². The van der Waals surface area contributed by atoms with Crippen molar-refractivity contribution in [3.63, 3.8) is 0 Å². The fourth-order valence-electron chi connectivity index (χ4n) is 2.41. The molecule has 0 spiro atoms. The summed E-state index contributed by atoms with van der Waals surface area (Å²) in [5, 5.41) is 3.65. The van der Waals surface area contributed by atoms with Crippen molar-refractivity contribution in [2.75, 3.05) is 33.0 Å². The zero-order valence-electron chi connectivity index (χ0n) is 11.5. The van der Waals surface area contributed by atoms with Crippen molar-refractivity contribution >= 4 is 0 Å². The minimum Gasteiger partial charge on any atom is -0.382 e. The molecule has 1 N–H and O–H groups in total. The van der Waals surface area contributed by atoms with E-state index in [-0.39, 0.29) is 0 Å². The highest BCUT2D eigenvalue weighted by Gasteiger charge is 2.18. The predicted molar refractivity (Wildman–Crippen MR) is 71.4 cm³/mol. The Hall–Kier alpha value is -0.120. The molecule has 0 aliphatic carbocycles. The van der Waals surface area contributed by atoms with Gasteiger partial charge in [0.05, 0.1) is 0 Å². The summed E-state index contributed by atoms with van der Waals surface area (Å²) in [7, 11) is 0. The molecule has 0 aromatic carbocycles. The predicted octanol–water partition coefficient (Wildman–Crippen LogP) is 2.60. The first-order valence-corrected chi connectivity index (χ1v) is 7.25. The molecule has 1 aliphatic heterocycles. The molecule has 17 heavy (non-hydrogen) atoms. The van der Waals surface area contributed by atoms with Crippen LogP contribution in [0, 0.1) is 5.92 Å². The zero-order chi connectivity index (χ0) is 12.3. The molecule has 3 nitrogen and oxygen atoms in total. The summed E-state index contributed by atoms with van der Waals surface area (Å²) in [5.74, 6) is 0.847. The highest BCUT2D eigenvalue weighted by atomic mass is 16.5. The second-order valence-electron chi connectivity index (χ2n) is 4.93. The lowest BCUT2D eigenvalue weighted by atomic mass is 9.91. The Morgan fingerprint density at radius 3 is 2.71 bits per heavy atom. The van der Waals surface area contributed by atoms with E-state index in [0.717, 1.165) is 45.3 Å². The summed E-state index contributed by atoms with van der Waals surface area (Å²) in [6, 6.07) is 0.629. The molecule has 1 saturated heterocycles. The summed E-state index contributed by atoms with van der Waals surface area (Å²) in [5.41, 5.74) is 0. The van der Waals surface area contributed by atoms with Gasteiger partial charge in [0.1, 0.15) is 0 Å². The Morgan fingerprint density at radius 2 is 2.06 bits per heavy atom. The Labute approximate surface area is 106 Å². The van der Waals surface area contributed by atoms with Crippen LogP contribution in [0.1, 0.15) is 46.0 Å². The molecule has 1 rings (SSSR count). The van der Waals surface area contributed by atoms with Gasteiger partial charge in [-0.3, -0.25) is 0 Å². The summed E-state index contributed by atoms with van der Waals surface area (Å²) in [4.78, 5) is 0. The Morgan fingerprint density at radius 1 is 1.29 bits per heavy atom. The molecule has 1 unspecified atom stereocenters. The lowest BCUT2D eigenvalue weighted by Gasteiger charge is -2.27. The minimum absolute atomic E-state index is 0.629. The van der Waals surface area contributed by atoms with E-state index < -0.39 is 0 Å². The standard InChI is InChI=1S/C14H29NO2/c1-3-8-15-14(7-11-16-4-2)12-13-5-9-17-10-6-13/h13-15H,3-12H2,1-2H3. The Bertz CT molecular complexity index is 170. The molecule has 1 atom stereocenters. The first-order chi connectivity index (χ1) is 8.36. The van der Waals surface area contributed by atoms with E-state index in [0.29, 0.717) is 6.04 Å². The molecule has 1 aliphatic rings. The van der Waals surface area contributed by atoms with E-state index in [9.17, 15) is 0 Å². The van der Waals surface area contributed by atoms with Gasteiger partial charge < -0.3 is 14.8 Å². The maximum absolute atomic E-state index is 5.47. The lowest BCUT2D eigenvalue weighted by molar-refractivity contribution is 0.0580. The summed E-state index contributed by atoms with van der Waals surface area (Å²) < 4.78 is 10.9. The number of ether oxygens (including phenoxy) is 2. The van der Waals surface area contributed by atoms with Crippen LogP contribution in [0.15, 0.2) is 0 Å². The maximum atomic E-state index is 5.47. The molecule has 1 heterocycles. The summed E-state index contributed by atoms with van der Waals surface area (Å²) in [6.07, 6.45) is 6.11. The third-order valence-electron chi connectivity index (χ3n) is 3.46. The zero-order valence-corrected chi connectivity index (χ0v) is 11.5.